The molecule has 2 atom stereocenters. The maximum Gasteiger partial charge on any atom is 0.267 e. The average molecular weight is 459 g/mol. The van der Waals surface area contributed by atoms with Gasteiger partial charge in [0.1, 0.15) is 18.2 Å². The SMILES string of the molecule is NN(O)C(=O)C1COCCC1S(=O)(=O)c1ccc(OCc2ccc(F)cc2Cl)cc1. The third kappa shape index (κ3) is 4.90. The van der Waals surface area contributed by atoms with Crippen LogP contribution in [0.2, 0.25) is 5.02 Å². The van der Waals surface area contributed by atoms with E-state index < -0.39 is 32.7 Å². The molecule has 0 radical (unpaired) electrons. The first-order valence-electron chi connectivity index (χ1n) is 8.96. The van der Waals surface area contributed by atoms with Crippen LogP contribution in [0.4, 0.5) is 4.39 Å². The molecule has 11 heteroatoms. The Labute approximate surface area is 177 Å². The van der Waals surface area contributed by atoms with E-state index in [2.05, 4.69) is 0 Å². The third-order valence-corrected chi connectivity index (χ3v) is 7.44. The van der Waals surface area contributed by atoms with Crippen molar-refractivity contribution in [1.29, 1.82) is 0 Å². The highest BCUT2D eigenvalue weighted by Gasteiger charge is 2.42. The molecule has 1 amide bonds. The lowest BCUT2D eigenvalue weighted by Gasteiger charge is -2.31. The van der Waals surface area contributed by atoms with Gasteiger partial charge in [-0.1, -0.05) is 17.7 Å². The quantitative estimate of drug-likeness (QED) is 0.295. The van der Waals surface area contributed by atoms with Gasteiger partial charge in [0.05, 0.1) is 27.7 Å². The number of ether oxygens (including phenoxy) is 2. The van der Waals surface area contributed by atoms with E-state index >= 15 is 0 Å². The zero-order chi connectivity index (χ0) is 21.9. The summed E-state index contributed by atoms with van der Waals surface area (Å²) in [5.41, 5.74) is 0.577. The van der Waals surface area contributed by atoms with Gasteiger partial charge < -0.3 is 9.47 Å². The number of nitrogens with zero attached hydrogens (tertiary/aromatic N) is 1. The van der Waals surface area contributed by atoms with Crippen molar-refractivity contribution in [2.24, 2.45) is 11.8 Å². The van der Waals surface area contributed by atoms with Crippen LogP contribution in [0.3, 0.4) is 0 Å². The average Bonchev–Trinajstić information content (AvgIpc) is 2.73. The van der Waals surface area contributed by atoms with E-state index in [1.54, 1.807) is 0 Å². The second-order valence-electron chi connectivity index (χ2n) is 6.73. The van der Waals surface area contributed by atoms with Crippen LogP contribution in [-0.2, 0) is 26.0 Å². The number of hydroxylamine groups is 1. The van der Waals surface area contributed by atoms with Gasteiger partial charge in [0.25, 0.3) is 5.91 Å². The number of hydrogen-bond donors (Lipinski definition) is 2. The van der Waals surface area contributed by atoms with E-state index in [9.17, 15) is 22.8 Å². The van der Waals surface area contributed by atoms with Crippen LogP contribution >= 0.6 is 11.6 Å². The first-order valence-corrected chi connectivity index (χ1v) is 10.9. The van der Waals surface area contributed by atoms with Crippen LogP contribution in [0.1, 0.15) is 12.0 Å². The summed E-state index contributed by atoms with van der Waals surface area (Å²) in [6.45, 7) is 0.0878. The van der Waals surface area contributed by atoms with Gasteiger partial charge in [0.15, 0.2) is 9.84 Å². The molecule has 0 aliphatic carbocycles. The first-order chi connectivity index (χ1) is 14.2. The van der Waals surface area contributed by atoms with Crippen LogP contribution in [0.15, 0.2) is 47.4 Å². The number of amides is 1. The number of benzene rings is 2. The van der Waals surface area contributed by atoms with Crippen molar-refractivity contribution in [3.8, 4) is 5.75 Å². The molecule has 2 unspecified atom stereocenters. The van der Waals surface area contributed by atoms with Crippen molar-refractivity contribution in [2.75, 3.05) is 13.2 Å². The Hall–Kier alpha value is -2.24. The fourth-order valence-corrected chi connectivity index (χ4v) is 5.31. The smallest absolute Gasteiger partial charge is 0.267 e. The van der Waals surface area contributed by atoms with Gasteiger partial charge in [-0.2, -0.15) is 5.17 Å². The number of carbonyl (C=O) groups excluding carboxylic acids is 1. The molecule has 1 fully saturated rings. The zero-order valence-corrected chi connectivity index (χ0v) is 17.3. The van der Waals surface area contributed by atoms with Crippen molar-refractivity contribution in [3.63, 3.8) is 0 Å². The Morgan fingerprint density at radius 3 is 2.63 bits per heavy atom. The Balaban J connectivity index is 1.74. The van der Waals surface area contributed by atoms with Gasteiger partial charge in [-0.15, -0.1) is 0 Å². The van der Waals surface area contributed by atoms with E-state index in [1.807, 2.05) is 0 Å². The lowest BCUT2D eigenvalue weighted by atomic mass is 10.0. The first kappa shape index (κ1) is 22.4. The lowest BCUT2D eigenvalue weighted by molar-refractivity contribution is -0.175. The third-order valence-electron chi connectivity index (χ3n) is 4.80. The minimum absolute atomic E-state index is 0.000811. The van der Waals surface area contributed by atoms with E-state index in [1.165, 1.54) is 42.5 Å². The van der Waals surface area contributed by atoms with Crippen molar-refractivity contribution in [3.05, 3.63) is 58.9 Å². The molecular weight excluding hydrogens is 439 g/mol. The molecule has 0 spiro atoms. The highest BCUT2D eigenvalue weighted by Crippen LogP contribution is 2.30. The Morgan fingerprint density at radius 2 is 2.00 bits per heavy atom. The van der Waals surface area contributed by atoms with E-state index in [0.717, 1.165) is 0 Å². The molecule has 30 heavy (non-hydrogen) atoms. The molecule has 2 aromatic carbocycles. The molecule has 0 saturated carbocycles. The van der Waals surface area contributed by atoms with Crippen LogP contribution in [-0.4, -0.2) is 43.2 Å². The normalized spacial score (nSPS) is 19.3. The van der Waals surface area contributed by atoms with Crippen molar-refractivity contribution >= 4 is 27.3 Å². The van der Waals surface area contributed by atoms with Gasteiger partial charge >= 0.3 is 0 Å². The topological polar surface area (TPSA) is 119 Å². The number of rotatable bonds is 6. The molecule has 1 saturated heterocycles. The van der Waals surface area contributed by atoms with Crippen LogP contribution in [0, 0.1) is 11.7 Å². The standard InChI is InChI=1S/C19H20ClFN2O6S/c20-17-9-13(21)2-1-12(17)10-29-14-3-5-15(6-4-14)30(26,27)18-7-8-28-11-16(18)19(24)23(22)25/h1-6,9,16,18,25H,7-8,10-11,22H2. The summed E-state index contributed by atoms with van der Waals surface area (Å²) in [4.78, 5) is 12.1. The van der Waals surface area contributed by atoms with Crippen molar-refractivity contribution in [1.82, 2.24) is 5.17 Å². The monoisotopic (exact) mass is 458 g/mol. The Morgan fingerprint density at radius 1 is 1.30 bits per heavy atom. The molecule has 0 bridgehead atoms. The number of carbonyl (C=O) groups is 1. The van der Waals surface area contributed by atoms with Crippen molar-refractivity contribution < 1.29 is 32.3 Å². The molecule has 162 valence electrons. The van der Waals surface area contributed by atoms with E-state index in [4.69, 9.17) is 26.9 Å². The molecule has 3 rings (SSSR count). The fraction of sp³-hybridized carbons (Fsp3) is 0.316. The molecular formula is C19H20ClFN2O6S. The summed E-state index contributed by atoms with van der Waals surface area (Å²) in [5.74, 6) is 2.96. The highest BCUT2D eigenvalue weighted by molar-refractivity contribution is 7.92. The largest absolute Gasteiger partial charge is 0.489 e. The predicted molar refractivity (Wildman–Crippen MR) is 105 cm³/mol. The summed E-state index contributed by atoms with van der Waals surface area (Å²) >= 11 is 5.96. The summed E-state index contributed by atoms with van der Waals surface area (Å²) in [7, 11) is -3.90. The van der Waals surface area contributed by atoms with Gasteiger partial charge in [-0.25, -0.2) is 18.7 Å². The van der Waals surface area contributed by atoms with Crippen molar-refractivity contribution in [2.45, 2.75) is 23.2 Å². The molecule has 8 nitrogen and oxygen atoms in total. The van der Waals surface area contributed by atoms with E-state index in [0.29, 0.717) is 11.3 Å². The summed E-state index contributed by atoms with van der Waals surface area (Å²) < 4.78 is 50.0. The Bertz CT molecular complexity index is 1020. The molecule has 0 aromatic heterocycles. The molecule has 3 N–H and O–H groups in total. The number of nitrogens with two attached hydrogens (primary N) is 1. The minimum atomic E-state index is -3.90. The van der Waals surface area contributed by atoms with Gasteiger partial charge in [-0.05, 0) is 42.8 Å². The summed E-state index contributed by atoms with van der Waals surface area (Å²) in [5, 5.41) is 8.25. The minimum Gasteiger partial charge on any atom is -0.489 e. The van der Waals surface area contributed by atoms with E-state index in [-0.39, 0.29) is 41.3 Å². The number of hydrazine groups is 1. The van der Waals surface area contributed by atoms with Crippen LogP contribution < -0.4 is 10.6 Å². The molecule has 2 aromatic rings. The zero-order valence-electron chi connectivity index (χ0n) is 15.7. The van der Waals surface area contributed by atoms with Gasteiger partial charge in [-0.3, -0.25) is 10.0 Å². The maximum absolute atomic E-state index is 13.1. The summed E-state index contributed by atoms with van der Waals surface area (Å²) in [6.07, 6.45) is 0.0912. The second-order valence-corrected chi connectivity index (χ2v) is 9.31. The maximum atomic E-state index is 13.1. The molecule has 1 aliphatic rings. The summed E-state index contributed by atoms with van der Waals surface area (Å²) in [6, 6.07) is 9.63. The van der Waals surface area contributed by atoms with Crippen LogP contribution in [0.5, 0.6) is 5.75 Å². The fourth-order valence-electron chi connectivity index (χ4n) is 3.19. The molecule has 1 heterocycles. The lowest BCUT2D eigenvalue weighted by Crippen LogP contribution is -2.49. The number of hydrogen-bond acceptors (Lipinski definition) is 7. The number of sulfone groups is 1. The predicted octanol–water partition coefficient (Wildman–Crippen LogP) is 2.33. The highest BCUT2D eigenvalue weighted by atomic mass is 35.5. The number of halogens is 2. The van der Waals surface area contributed by atoms with Gasteiger partial charge in [0.2, 0.25) is 0 Å². The molecule has 1 aliphatic heterocycles. The van der Waals surface area contributed by atoms with Crippen LogP contribution in [0.25, 0.3) is 0 Å². The Kier molecular flexibility index (Phi) is 6.94. The second kappa shape index (κ2) is 9.27. The van der Waals surface area contributed by atoms with Gasteiger partial charge in [0, 0.05) is 12.2 Å².